The number of aliphatic hydroxyl groups is 1. The van der Waals surface area contributed by atoms with Crippen LogP contribution in [0.5, 0.6) is 0 Å². The van der Waals surface area contributed by atoms with Crippen LogP contribution < -0.4 is 5.32 Å². The first kappa shape index (κ1) is 10.7. The average Bonchev–Trinajstić information content (AvgIpc) is 3.01. The molecule has 0 radical (unpaired) electrons. The number of hydrogen-bond acceptors (Lipinski definition) is 2. The molecule has 0 amide bonds. The van der Waals surface area contributed by atoms with Gasteiger partial charge in [-0.15, -0.1) is 0 Å². The van der Waals surface area contributed by atoms with Gasteiger partial charge in [0, 0.05) is 31.0 Å². The Morgan fingerprint density at radius 3 is 2.80 bits per heavy atom. The van der Waals surface area contributed by atoms with E-state index < -0.39 is 0 Å². The summed E-state index contributed by atoms with van der Waals surface area (Å²) in [6.45, 7) is 3.17. The third-order valence-corrected chi connectivity index (χ3v) is 3.53. The van der Waals surface area contributed by atoms with E-state index in [1.54, 1.807) is 0 Å². The number of aryl methyl sites for hydroxylation is 1. The average molecular weight is 208 g/mol. The summed E-state index contributed by atoms with van der Waals surface area (Å²) in [5, 5.41) is 12.9. The Morgan fingerprint density at radius 1 is 1.60 bits per heavy atom. The summed E-state index contributed by atoms with van der Waals surface area (Å²) >= 11 is 0. The molecule has 0 spiro atoms. The molecule has 84 valence electrons. The molecule has 0 saturated heterocycles. The molecule has 0 aliphatic heterocycles. The summed E-state index contributed by atoms with van der Waals surface area (Å²) in [6.07, 6.45) is 4.54. The summed E-state index contributed by atoms with van der Waals surface area (Å²) in [7, 11) is 2.05. The van der Waals surface area contributed by atoms with Crippen LogP contribution in [0.4, 0.5) is 0 Å². The van der Waals surface area contributed by atoms with Crippen molar-refractivity contribution in [3.8, 4) is 0 Å². The van der Waals surface area contributed by atoms with Crippen LogP contribution in [0.3, 0.4) is 0 Å². The van der Waals surface area contributed by atoms with E-state index in [1.807, 2.05) is 19.3 Å². The fraction of sp³-hybridized carbons (Fsp3) is 0.667. The van der Waals surface area contributed by atoms with Gasteiger partial charge >= 0.3 is 0 Å². The summed E-state index contributed by atoms with van der Waals surface area (Å²) < 4.78 is 2.11. The lowest BCUT2D eigenvalue weighted by Crippen LogP contribution is -2.47. The minimum absolute atomic E-state index is 0.0930. The Kier molecular flexibility index (Phi) is 2.85. The zero-order chi connectivity index (χ0) is 10.9. The van der Waals surface area contributed by atoms with Crippen molar-refractivity contribution in [2.45, 2.75) is 31.8 Å². The lowest BCUT2D eigenvalue weighted by Gasteiger charge is -2.29. The van der Waals surface area contributed by atoms with Crippen molar-refractivity contribution in [2.75, 3.05) is 6.61 Å². The van der Waals surface area contributed by atoms with Crippen LogP contribution in [0.2, 0.25) is 0 Å². The first-order chi connectivity index (χ1) is 7.15. The minimum Gasteiger partial charge on any atom is -0.394 e. The van der Waals surface area contributed by atoms with Crippen LogP contribution in [0, 0.1) is 5.92 Å². The predicted molar refractivity (Wildman–Crippen MR) is 60.5 cm³/mol. The quantitative estimate of drug-likeness (QED) is 0.765. The molecule has 2 N–H and O–H groups in total. The highest BCUT2D eigenvalue weighted by molar-refractivity contribution is 5.08. The van der Waals surface area contributed by atoms with Gasteiger partial charge in [-0.3, -0.25) is 0 Å². The maximum atomic E-state index is 9.42. The van der Waals surface area contributed by atoms with Crippen molar-refractivity contribution < 1.29 is 5.11 Å². The summed E-state index contributed by atoms with van der Waals surface area (Å²) in [5.74, 6) is 0.655. The molecule has 3 nitrogen and oxygen atoms in total. The van der Waals surface area contributed by atoms with Crippen molar-refractivity contribution in [1.82, 2.24) is 9.88 Å². The van der Waals surface area contributed by atoms with Crippen molar-refractivity contribution >= 4 is 0 Å². The zero-order valence-corrected chi connectivity index (χ0v) is 9.53. The maximum absolute atomic E-state index is 9.42. The van der Waals surface area contributed by atoms with E-state index in [0.717, 1.165) is 6.54 Å². The van der Waals surface area contributed by atoms with Gasteiger partial charge in [0.25, 0.3) is 0 Å². The second kappa shape index (κ2) is 3.99. The largest absolute Gasteiger partial charge is 0.394 e. The molecule has 1 saturated carbocycles. The number of nitrogens with zero attached hydrogens (tertiary/aromatic N) is 1. The van der Waals surface area contributed by atoms with Crippen LogP contribution in [0.15, 0.2) is 18.3 Å². The van der Waals surface area contributed by atoms with E-state index in [2.05, 4.69) is 22.9 Å². The van der Waals surface area contributed by atoms with Crippen molar-refractivity contribution in [2.24, 2.45) is 13.0 Å². The lowest BCUT2D eigenvalue weighted by molar-refractivity contribution is 0.153. The minimum atomic E-state index is -0.0930. The van der Waals surface area contributed by atoms with E-state index in [0.29, 0.717) is 5.92 Å². The Labute approximate surface area is 91.1 Å². The highest BCUT2D eigenvalue weighted by Gasteiger charge is 2.40. The van der Waals surface area contributed by atoms with Gasteiger partial charge in [0.1, 0.15) is 0 Å². The van der Waals surface area contributed by atoms with Gasteiger partial charge in [-0.25, -0.2) is 0 Å². The van der Waals surface area contributed by atoms with Crippen LogP contribution in [-0.2, 0) is 13.6 Å². The second-order valence-corrected chi connectivity index (χ2v) is 4.81. The molecule has 1 aromatic rings. The lowest BCUT2D eigenvalue weighted by atomic mass is 9.97. The highest BCUT2D eigenvalue weighted by atomic mass is 16.3. The fourth-order valence-electron chi connectivity index (χ4n) is 2.02. The third-order valence-electron chi connectivity index (χ3n) is 3.53. The van der Waals surface area contributed by atoms with Crippen LogP contribution in [-0.4, -0.2) is 21.8 Å². The Bertz CT molecular complexity index is 330. The zero-order valence-electron chi connectivity index (χ0n) is 9.53. The van der Waals surface area contributed by atoms with Crippen LogP contribution in [0.1, 0.15) is 25.5 Å². The first-order valence-corrected chi connectivity index (χ1v) is 5.62. The molecular weight excluding hydrogens is 188 g/mol. The van der Waals surface area contributed by atoms with E-state index >= 15 is 0 Å². The molecule has 0 aromatic carbocycles. The summed E-state index contributed by atoms with van der Waals surface area (Å²) in [4.78, 5) is 0. The van der Waals surface area contributed by atoms with Gasteiger partial charge < -0.3 is 15.0 Å². The van der Waals surface area contributed by atoms with Crippen molar-refractivity contribution in [3.63, 3.8) is 0 Å². The molecule has 1 heterocycles. The molecule has 1 unspecified atom stereocenters. The molecule has 15 heavy (non-hydrogen) atoms. The smallest absolute Gasteiger partial charge is 0.0613 e. The highest BCUT2D eigenvalue weighted by Crippen LogP contribution is 2.39. The van der Waals surface area contributed by atoms with Crippen LogP contribution in [0.25, 0.3) is 0 Å². The molecule has 3 heteroatoms. The van der Waals surface area contributed by atoms with E-state index in [1.165, 1.54) is 18.5 Å². The Balaban J connectivity index is 1.94. The first-order valence-electron chi connectivity index (χ1n) is 5.62. The standard InChI is InChI=1S/C12H20N2O/c1-12(9-15,10-5-6-10)13-8-11-4-3-7-14(11)2/h3-4,7,10,13,15H,5-6,8-9H2,1-2H3. The third kappa shape index (κ3) is 2.24. The van der Waals surface area contributed by atoms with Crippen molar-refractivity contribution in [1.29, 1.82) is 0 Å². The van der Waals surface area contributed by atoms with Crippen molar-refractivity contribution in [3.05, 3.63) is 24.0 Å². The van der Waals surface area contributed by atoms with E-state index in [9.17, 15) is 5.11 Å². The molecule has 0 bridgehead atoms. The van der Waals surface area contributed by atoms with Crippen LogP contribution >= 0.6 is 0 Å². The van der Waals surface area contributed by atoms with Gasteiger partial charge in [-0.1, -0.05) is 0 Å². The SMILES string of the molecule is Cn1cccc1CNC(C)(CO)C1CC1. The molecule has 1 aliphatic rings. The topological polar surface area (TPSA) is 37.2 Å². The molecular formula is C12H20N2O. The number of rotatable bonds is 5. The summed E-state index contributed by atoms with van der Waals surface area (Å²) in [5.41, 5.74) is 1.17. The monoisotopic (exact) mass is 208 g/mol. The maximum Gasteiger partial charge on any atom is 0.0613 e. The number of aromatic nitrogens is 1. The number of hydrogen-bond donors (Lipinski definition) is 2. The number of nitrogens with one attached hydrogen (secondary N) is 1. The van der Waals surface area contributed by atoms with Gasteiger partial charge in [-0.2, -0.15) is 0 Å². The van der Waals surface area contributed by atoms with E-state index in [4.69, 9.17) is 0 Å². The van der Waals surface area contributed by atoms with E-state index in [-0.39, 0.29) is 12.1 Å². The predicted octanol–water partition coefficient (Wildman–Crippen LogP) is 1.28. The normalized spacial score (nSPS) is 20.2. The van der Waals surface area contributed by atoms with Gasteiger partial charge in [0.15, 0.2) is 0 Å². The molecule has 1 fully saturated rings. The summed E-state index contributed by atoms with van der Waals surface area (Å²) in [6, 6.07) is 4.15. The Morgan fingerprint density at radius 2 is 2.33 bits per heavy atom. The molecule has 2 rings (SSSR count). The number of aliphatic hydroxyl groups excluding tert-OH is 1. The van der Waals surface area contributed by atoms with Gasteiger partial charge in [-0.05, 0) is 37.8 Å². The van der Waals surface area contributed by atoms with Gasteiger partial charge in [0.05, 0.1) is 6.61 Å². The fourth-order valence-corrected chi connectivity index (χ4v) is 2.02. The Hall–Kier alpha value is -0.800. The second-order valence-electron chi connectivity index (χ2n) is 4.81. The molecule has 1 aromatic heterocycles. The van der Waals surface area contributed by atoms with Gasteiger partial charge in [0.2, 0.25) is 0 Å². The molecule has 1 atom stereocenters. The molecule has 1 aliphatic carbocycles.